The van der Waals surface area contributed by atoms with Crippen LogP contribution in [0.5, 0.6) is 0 Å². The highest BCUT2D eigenvalue weighted by Crippen LogP contribution is 2.29. The Balaban J connectivity index is 1.32. The fourth-order valence-electron chi connectivity index (χ4n) is 4.04. The van der Waals surface area contributed by atoms with Crippen molar-refractivity contribution in [3.05, 3.63) is 82.5 Å². The molecule has 0 saturated carbocycles. The summed E-state index contributed by atoms with van der Waals surface area (Å²) in [6, 6.07) is 17.8. The Hall–Kier alpha value is -3.78. The number of benzene rings is 2. The molecule has 1 aliphatic rings. The summed E-state index contributed by atoms with van der Waals surface area (Å²) < 4.78 is 1.90. The Morgan fingerprint density at radius 2 is 1.85 bits per heavy atom. The Labute approximate surface area is 195 Å². The second-order valence-electron chi connectivity index (χ2n) is 7.97. The molecule has 0 radical (unpaired) electrons. The lowest BCUT2D eigenvalue weighted by atomic mass is 10.1. The van der Waals surface area contributed by atoms with E-state index >= 15 is 0 Å². The highest BCUT2D eigenvalue weighted by Gasteiger charge is 2.27. The first-order valence-corrected chi connectivity index (χ1v) is 11.7. The molecule has 0 aliphatic heterocycles. The van der Waals surface area contributed by atoms with E-state index in [0.717, 1.165) is 53.0 Å². The van der Waals surface area contributed by atoms with Crippen LogP contribution in [0, 0.1) is 0 Å². The minimum absolute atomic E-state index is 0.0572. The number of amides is 2. The van der Waals surface area contributed by atoms with E-state index in [9.17, 15) is 9.59 Å². The molecule has 0 fully saturated rings. The van der Waals surface area contributed by atoms with Crippen LogP contribution in [0.3, 0.4) is 0 Å². The molecule has 0 unspecified atom stereocenters. The van der Waals surface area contributed by atoms with E-state index < -0.39 is 0 Å². The monoisotopic (exact) mass is 457 g/mol. The molecule has 0 bridgehead atoms. The van der Waals surface area contributed by atoms with Gasteiger partial charge in [0.2, 0.25) is 5.91 Å². The molecular weight excluding hydrogens is 434 g/mol. The van der Waals surface area contributed by atoms with Crippen molar-refractivity contribution in [2.45, 2.75) is 32.7 Å². The van der Waals surface area contributed by atoms with Crippen LogP contribution in [0.1, 0.15) is 40.7 Å². The molecule has 2 heterocycles. The maximum atomic E-state index is 13.1. The van der Waals surface area contributed by atoms with Gasteiger partial charge in [-0.2, -0.15) is 5.10 Å². The summed E-state index contributed by atoms with van der Waals surface area (Å²) in [6.45, 7) is 1.99. The number of thiazole rings is 1. The number of para-hydroxylation sites is 1. The van der Waals surface area contributed by atoms with Crippen molar-refractivity contribution in [2.24, 2.45) is 0 Å². The zero-order valence-electron chi connectivity index (χ0n) is 18.2. The van der Waals surface area contributed by atoms with E-state index in [1.54, 1.807) is 0 Å². The first kappa shape index (κ1) is 21.1. The van der Waals surface area contributed by atoms with Crippen LogP contribution in [0.2, 0.25) is 0 Å². The van der Waals surface area contributed by atoms with Crippen LogP contribution >= 0.6 is 11.3 Å². The SMILES string of the molecule is CC(=O)NCc1ccc(-c2csc(NC(=O)c3nn(-c4ccccc4)c4c3CCC4)n2)cc1. The van der Waals surface area contributed by atoms with Crippen LogP contribution in [0.4, 0.5) is 5.13 Å². The Bertz CT molecular complexity index is 1310. The number of nitrogens with zero attached hydrogens (tertiary/aromatic N) is 3. The average Bonchev–Trinajstić information content (AvgIpc) is 3.55. The zero-order valence-corrected chi connectivity index (χ0v) is 19.0. The second kappa shape index (κ2) is 8.99. The molecule has 2 aromatic carbocycles. The lowest BCUT2D eigenvalue weighted by Crippen LogP contribution is -2.18. The first-order chi connectivity index (χ1) is 16.1. The topological polar surface area (TPSA) is 88.9 Å². The van der Waals surface area contributed by atoms with Gasteiger partial charge >= 0.3 is 0 Å². The number of hydrogen-bond acceptors (Lipinski definition) is 5. The van der Waals surface area contributed by atoms with Crippen LogP contribution in [0.15, 0.2) is 60.0 Å². The molecule has 7 nitrogen and oxygen atoms in total. The molecule has 1 aliphatic carbocycles. The molecule has 8 heteroatoms. The Morgan fingerprint density at radius 3 is 2.61 bits per heavy atom. The molecular formula is C25H23N5O2S. The number of aromatic nitrogens is 3. The first-order valence-electron chi connectivity index (χ1n) is 10.9. The van der Waals surface area contributed by atoms with Gasteiger partial charge in [0.1, 0.15) is 0 Å². The van der Waals surface area contributed by atoms with Crippen molar-refractivity contribution < 1.29 is 9.59 Å². The van der Waals surface area contributed by atoms with E-state index in [2.05, 4.69) is 20.7 Å². The number of anilines is 1. The summed E-state index contributed by atoms with van der Waals surface area (Å²) in [5, 5.41) is 12.8. The summed E-state index contributed by atoms with van der Waals surface area (Å²) >= 11 is 1.39. The molecule has 0 spiro atoms. The third kappa shape index (κ3) is 4.42. The molecule has 2 aromatic heterocycles. The lowest BCUT2D eigenvalue weighted by molar-refractivity contribution is -0.119. The van der Waals surface area contributed by atoms with Gasteiger partial charge < -0.3 is 5.32 Å². The van der Waals surface area contributed by atoms with E-state index in [0.29, 0.717) is 17.4 Å². The minimum Gasteiger partial charge on any atom is -0.352 e. The Kier molecular flexibility index (Phi) is 5.75. The quantitative estimate of drug-likeness (QED) is 0.450. The van der Waals surface area contributed by atoms with Crippen molar-refractivity contribution in [1.82, 2.24) is 20.1 Å². The van der Waals surface area contributed by atoms with Gasteiger partial charge in [0, 0.05) is 35.7 Å². The largest absolute Gasteiger partial charge is 0.352 e. The highest BCUT2D eigenvalue weighted by atomic mass is 32.1. The molecule has 5 rings (SSSR count). The number of rotatable bonds is 6. The van der Waals surface area contributed by atoms with Crippen molar-refractivity contribution in [3.63, 3.8) is 0 Å². The van der Waals surface area contributed by atoms with Crippen LogP contribution in [-0.4, -0.2) is 26.6 Å². The normalized spacial score (nSPS) is 12.4. The Morgan fingerprint density at radius 1 is 1.06 bits per heavy atom. The predicted molar refractivity (Wildman–Crippen MR) is 129 cm³/mol. The number of carbonyl (C=O) groups excluding carboxylic acids is 2. The fourth-order valence-corrected chi connectivity index (χ4v) is 4.76. The van der Waals surface area contributed by atoms with Gasteiger partial charge in [-0.05, 0) is 37.0 Å². The van der Waals surface area contributed by atoms with E-state index in [1.165, 1.54) is 18.3 Å². The number of carbonyl (C=O) groups is 2. The molecule has 0 saturated heterocycles. The van der Waals surface area contributed by atoms with Crippen LogP contribution in [-0.2, 0) is 24.2 Å². The smallest absolute Gasteiger partial charge is 0.278 e. The zero-order chi connectivity index (χ0) is 22.8. The second-order valence-corrected chi connectivity index (χ2v) is 8.83. The number of fused-ring (bicyclic) bond motifs is 1. The summed E-state index contributed by atoms with van der Waals surface area (Å²) in [5.74, 6) is -0.285. The highest BCUT2D eigenvalue weighted by molar-refractivity contribution is 7.14. The van der Waals surface area contributed by atoms with Crippen molar-refractivity contribution in [3.8, 4) is 16.9 Å². The molecule has 0 atom stereocenters. The molecule has 4 aromatic rings. The third-order valence-corrected chi connectivity index (χ3v) is 6.42. The third-order valence-electron chi connectivity index (χ3n) is 5.66. The van der Waals surface area contributed by atoms with Gasteiger partial charge in [-0.15, -0.1) is 11.3 Å². The van der Waals surface area contributed by atoms with Gasteiger partial charge in [0.25, 0.3) is 5.91 Å². The molecule has 33 heavy (non-hydrogen) atoms. The maximum Gasteiger partial charge on any atom is 0.278 e. The fraction of sp³-hybridized carbons (Fsp3) is 0.200. The lowest BCUT2D eigenvalue weighted by Gasteiger charge is -2.04. The minimum atomic E-state index is -0.227. The number of hydrogen-bond donors (Lipinski definition) is 2. The van der Waals surface area contributed by atoms with Gasteiger partial charge in [0.05, 0.1) is 11.4 Å². The average molecular weight is 458 g/mol. The molecule has 2 N–H and O–H groups in total. The van der Waals surface area contributed by atoms with E-state index in [4.69, 9.17) is 0 Å². The summed E-state index contributed by atoms with van der Waals surface area (Å²) in [7, 11) is 0. The van der Waals surface area contributed by atoms with Crippen LogP contribution < -0.4 is 10.6 Å². The molecule has 166 valence electrons. The van der Waals surface area contributed by atoms with Crippen LogP contribution in [0.25, 0.3) is 16.9 Å². The predicted octanol–water partition coefficient (Wildman–Crippen LogP) is 4.37. The van der Waals surface area contributed by atoms with Gasteiger partial charge in [-0.1, -0.05) is 42.5 Å². The van der Waals surface area contributed by atoms with Crippen molar-refractivity contribution >= 4 is 28.3 Å². The van der Waals surface area contributed by atoms with Crippen molar-refractivity contribution in [1.29, 1.82) is 0 Å². The van der Waals surface area contributed by atoms with Gasteiger partial charge in [-0.3, -0.25) is 14.9 Å². The van der Waals surface area contributed by atoms with Gasteiger partial charge in [0.15, 0.2) is 10.8 Å². The molecule has 2 amide bonds. The maximum absolute atomic E-state index is 13.1. The van der Waals surface area contributed by atoms with Gasteiger partial charge in [-0.25, -0.2) is 9.67 Å². The van der Waals surface area contributed by atoms with E-state index in [1.807, 2.05) is 64.7 Å². The van der Waals surface area contributed by atoms with E-state index in [-0.39, 0.29) is 11.8 Å². The summed E-state index contributed by atoms with van der Waals surface area (Å²) in [4.78, 5) is 28.7. The summed E-state index contributed by atoms with van der Waals surface area (Å²) in [6.07, 6.45) is 2.81. The standard InChI is InChI=1S/C25H23N5O2S/c1-16(31)26-14-17-10-12-18(13-11-17)21-15-33-25(27-21)28-24(32)23-20-8-5-9-22(20)30(29-23)19-6-3-2-4-7-19/h2-4,6-7,10-13,15H,5,8-9,14H2,1H3,(H,26,31)(H,27,28,32). The number of nitrogens with one attached hydrogen (secondary N) is 2. The summed E-state index contributed by atoms with van der Waals surface area (Å²) in [5.41, 5.74) is 6.35. The van der Waals surface area contributed by atoms with Crippen molar-refractivity contribution in [2.75, 3.05) is 5.32 Å².